The molecule has 1 atom stereocenters. The van der Waals surface area contributed by atoms with Gasteiger partial charge in [-0.25, -0.2) is 4.79 Å². The summed E-state index contributed by atoms with van der Waals surface area (Å²) in [4.78, 5) is 13.6. The van der Waals surface area contributed by atoms with Gasteiger partial charge in [0.15, 0.2) is 0 Å². The first kappa shape index (κ1) is 14.6. The van der Waals surface area contributed by atoms with Crippen LogP contribution in [0.15, 0.2) is 0 Å². The summed E-state index contributed by atoms with van der Waals surface area (Å²) in [6.45, 7) is 7.41. The maximum Gasteiger partial charge on any atom is 0.410 e. The Kier molecular flexibility index (Phi) is 4.39. The number of carbonyl (C=O) groups is 1. The van der Waals surface area contributed by atoms with E-state index in [0.29, 0.717) is 17.8 Å². The first-order chi connectivity index (χ1) is 8.90. The molecule has 2 fully saturated rings. The summed E-state index contributed by atoms with van der Waals surface area (Å²) in [7, 11) is 0. The van der Waals surface area contributed by atoms with Crippen molar-refractivity contribution in [2.24, 2.45) is 17.8 Å². The van der Waals surface area contributed by atoms with Crippen molar-refractivity contribution < 1.29 is 14.6 Å². The van der Waals surface area contributed by atoms with E-state index in [1.807, 2.05) is 20.8 Å². The lowest BCUT2D eigenvalue weighted by Crippen LogP contribution is -2.55. The number of hydrogen-bond donors (Lipinski definition) is 1. The van der Waals surface area contributed by atoms with Crippen LogP contribution in [-0.4, -0.2) is 41.4 Å². The quantitative estimate of drug-likeness (QED) is 0.857. The molecule has 0 aromatic rings. The predicted octanol–water partition coefficient (Wildman–Crippen LogP) is 2.65. The third kappa shape index (κ3) is 3.62. The molecule has 0 aromatic carbocycles. The fourth-order valence-corrected chi connectivity index (χ4v) is 3.33. The number of aliphatic hydroxyl groups is 1. The van der Waals surface area contributed by atoms with Crippen LogP contribution in [0.2, 0.25) is 0 Å². The van der Waals surface area contributed by atoms with E-state index in [4.69, 9.17) is 4.74 Å². The van der Waals surface area contributed by atoms with Crippen LogP contribution < -0.4 is 0 Å². The maximum atomic E-state index is 11.9. The van der Waals surface area contributed by atoms with Gasteiger partial charge in [0.25, 0.3) is 0 Å². The lowest BCUT2D eigenvalue weighted by Gasteiger charge is -2.44. The summed E-state index contributed by atoms with van der Waals surface area (Å²) >= 11 is 0. The standard InChI is InChI=1S/C15H27NO3/c1-15(2,3)19-14(18)16-8-12(9-16)13(10-17)11-6-4-5-7-11/h11-13,17H,4-10H2,1-3H3. The molecule has 0 spiro atoms. The zero-order chi connectivity index (χ0) is 14.0. The molecule has 1 aliphatic carbocycles. The molecule has 4 nitrogen and oxygen atoms in total. The highest BCUT2D eigenvalue weighted by atomic mass is 16.6. The van der Waals surface area contributed by atoms with E-state index in [0.717, 1.165) is 13.1 Å². The number of carbonyl (C=O) groups excluding carboxylic acids is 1. The molecule has 0 radical (unpaired) electrons. The second-order valence-corrected chi connectivity index (χ2v) is 7.04. The van der Waals surface area contributed by atoms with Crippen molar-refractivity contribution in [3.8, 4) is 0 Å². The van der Waals surface area contributed by atoms with Crippen molar-refractivity contribution >= 4 is 6.09 Å². The molecule has 2 aliphatic rings. The van der Waals surface area contributed by atoms with Gasteiger partial charge < -0.3 is 14.7 Å². The molecule has 110 valence electrons. The van der Waals surface area contributed by atoms with E-state index in [-0.39, 0.29) is 12.7 Å². The minimum atomic E-state index is -0.427. The third-order valence-electron chi connectivity index (χ3n) is 4.38. The molecule has 2 rings (SSSR count). The molecule has 1 N–H and O–H groups in total. The van der Waals surface area contributed by atoms with Crippen molar-refractivity contribution in [2.45, 2.75) is 52.1 Å². The van der Waals surface area contributed by atoms with Crippen molar-refractivity contribution in [3.05, 3.63) is 0 Å². The van der Waals surface area contributed by atoms with Crippen LogP contribution >= 0.6 is 0 Å². The summed E-state index contributed by atoms with van der Waals surface area (Å²) in [5, 5.41) is 9.60. The normalized spacial score (nSPS) is 23.3. The molecule has 0 aromatic heterocycles. The maximum absolute atomic E-state index is 11.9. The van der Waals surface area contributed by atoms with E-state index in [9.17, 15) is 9.90 Å². The summed E-state index contributed by atoms with van der Waals surface area (Å²) in [6, 6.07) is 0. The topological polar surface area (TPSA) is 49.8 Å². The van der Waals surface area contributed by atoms with Crippen molar-refractivity contribution in [1.29, 1.82) is 0 Å². The molecule has 1 aliphatic heterocycles. The zero-order valence-corrected chi connectivity index (χ0v) is 12.4. The summed E-state index contributed by atoms with van der Waals surface area (Å²) in [5.41, 5.74) is -0.427. The summed E-state index contributed by atoms with van der Waals surface area (Å²) in [6.07, 6.45) is 4.86. The molecule has 1 heterocycles. The van der Waals surface area contributed by atoms with Crippen LogP contribution in [0.5, 0.6) is 0 Å². The Morgan fingerprint density at radius 3 is 2.32 bits per heavy atom. The zero-order valence-electron chi connectivity index (χ0n) is 12.4. The lowest BCUT2D eigenvalue weighted by atomic mass is 9.77. The minimum Gasteiger partial charge on any atom is -0.444 e. The highest BCUT2D eigenvalue weighted by Gasteiger charge is 2.41. The van der Waals surface area contributed by atoms with E-state index in [2.05, 4.69) is 0 Å². The Morgan fingerprint density at radius 2 is 1.84 bits per heavy atom. The molecule has 1 saturated carbocycles. The van der Waals surface area contributed by atoms with Crippen molar-refractivity contribution in [2.75, 3.05) is 19.7 Å². The van der Waals surface area contributed by atoms with E-state index in [1.165, 1.54) is 25.7 Å². The van der Waals surface area contributed by atoms with Gasteiger partial charge in [0.05, 0.1) is 0 Å². The molecule has 4 heteroatoms. The van der Waals surface area contributed by atoms with Crippen LogP contribution in [0.1, 0.15) is 46.5 Å². The Labute approximate surface area is 116 Å². The highest BCUT2D eigenvalue weighted by Crippen LogP contribution is 2.38. The third-order valence-corrected chi connectivity index (χ3v) is 4.38. The number of ether oxygens (including phenoxy) is 1. The summed E-state index contributed by atoms with van der Waals surface area (Å²) < 4.78 is 5.35. The smallest absolute Gasteiger partial charge is 0.410 e. The second-order valence-electron chi connectivity index (χ2n) is 7.04. The molecule has 1 unspecified atom stereocenters. The Hall–Kier alpha value is -0.770. The van der Waals surface area contributed by atoms with E-state index >= 15 is 0 Å². The minimum absolute atomic E-state index is 0.216. The van der Waals surface area contributed by atoms with Crippen LogP contribution in [-0.2, 0) is 4.74 Å². The van der Waals surface area contributed by atoms with Crippen molar-refractivity contribution in [1.82, 2.24) is 4.90 Å². The molecular weight excluding hydrogens is 242 g/mol. The average Bonchev–Trinajstić information content (AvgIpc) is 2.72. The van der Waals surface area contributed by atoms with Gasteiger partial charge in [0.2, 0.25) is 0 Å². The van der Waals surface area contributed by atoms with Gasteiger partial charge >= 0.3 is 6.09 Å². The van der Waals surface area contributed by atoms with Crippen LogP contribution in [0.25, 0.3) is 0 Å². The van der Waals surface area contributed by atoms with Gasteiger partial charge in [-0.3, -0.25) is 0 Å². The highest BCUT2D eigenvalue weighted by molar-refractivity contribution is 5.69. The average molecular weight is 269 g/mol. The van der Waals surface area contributed by atoms with Gasteiger partial charge in [0.1, 0.15) is 5.60 Å². The largest absolute Gasteiger partial charge is 0.444 e. The number of hydrogen-bond acceptors (Lipinski definition) is 3. The monoisotopic (exact) mass is 269 g/mol. The Balaban J connectivity index is 1.79. The fraction of sp³-hybridized carbons (Fsp3) is 0.933. The van der Waals surface area contributed by atoms with Crippen LogP contribution in [0.3, 0.4) is 0 Å². The Bertz CT molecular complexity index is 312. The summed E-state index contributed by atoms with van der Waals surface area (Å²) in [5.74, 6) is 1.50. The fourth-order valence-electron chi connectivity index (χ4n) is 3.33. The number of aliphatic hydroxyl groups excluding tert-OH is 1. The predicted molar refractivity (Wildman–Crippen MR) is 73.8 cm³/mol. The van der Waals surface area contributed by atoms with E-state index < -0.39 is 5.60 Å². The van der Waals surface area contributed by atoms with Gasteiger partial charge in [0, 0.05) is 19.7 Å². The number of rotatable bonds is 3. The van der Waals surface area contributed by atoms with Gasteiger partial charge in [-0.05, 0) is 38.5 Å². The second kappa shape index (κ2) is 5.70. The van der Waals surface area contributed by atoms with Crippen LogP contribution in [0, 0.1) is 17.8 Å². The molecule has 1 amide bonds. The molecule has 0 bridgehead atoms. The number of nitrogens with zero attached hydrogens (tertiary/aromatic N) is 1. The molecule has 19 heavy (non-hydrogen) atoms. The van der Waals surface area contributed by atoms with Crippen LogP contribution in [0.4, 0.5) is 4.79 Å². The van der Waals surface area contributed by atoms with Crippen molar-refractivity contribution in [3.63, 3.8) is 0 Å². The molecule has 1 saturated heterocycles. The van der Waals surface area contributed by atoms with E-state index in [1.54, 1.807) is 4.90 Å². The molecular formula is C15H27NO3. The number of likely N-dealkylation sites (tertiary alicyclic amines) is 1. The van der Waals surface area contributed by atoms with Gasteiger partial charge in [-0.2, -0.15) is 0 Å². The SMILES string of the molecule is CC(C)(C)OC(=O)N1CC(C(CO)C2CCCC2)C1. The van der Waals surface area contributed by atoms with Gasteiger partial charge in [-0.1, -0.05) is 25.7 Å². The first-order valence-corrected chi connectivity index (χ1v) is 7.49. The first-order valence-electron chi connectivity index (χ1n) is 7.49. The number of amides is 1. The lowest BCUT2D eigenvalue weighted by molar-refractivity contribution is -0.0258. The van der Waals surface area contributed by atoms with Gasteiger partial charge in [-0.15, -0.1) is 0 Å². The Morgan fingerprint density at radius 1 is 1.26 bits per heavy atom.